The summed E-state index contributed by atoms with van der Waals surface area (Å²) in [6.07, 6.45) is -1.25. The number of nitrogens with zero attached hydrogens (tertiary/aromatic N) is 2. The lowest BCUT2D eigenvalue weighted by molar-refractivity contribution is -0.137. The highest BCUT2D eigenvalue weighted by Crippen LogP contribution is 2.35. The van der Waals surface area contributed by atoms with Gasteiger partial charge < -0.3 is 14.8 Å². The number of carbonyl (C=O) groups excluding carboxylic acids is 2. The van der Waals surface area contributed by atoms with E-state index in [2.05, 4.69) is 14.7 Å². The largest absolute Gasteiger partial charge is 0.508 e. The number of H-pyrrole nitrogens is 1. The number of methoxy groups -OCH3 is 1. The number of thioether (sulfide) groups is 1. The average molecular weight is 489 g/mol. The van der Waals surface area contributed by atoms with Crippen molar-refractivity contribution in [3.05, 3.63) is 70.8 Å². The summed E-state index contributed by atoms with van der Waals surface area (Å²) in [4.78, 5) is 33.6. The number of nitrogens with one attached hydrogen (secondary N) is 1. The quantitative estimate of drug-likeness (QED) is 0.398. The first-order chi connectivity index (χ1) is 16.2. The molecular weight excluding hydrogens is 471 g/mol. The smallest absolute Gasteiger partial charge is 0.416 e. The monoisotopic (exact) mass is 489 g/mol. The molecule has 0 bridgehead atoms. The molecule has 0 radical (unpaired) electrons. The summed E-state index contributed by atoms with van der Waals surface area (Å²) in [5, 5.41) is 10.8. The van der Waals surface area contributed by atoms with E-state index in [-0.39, 0.29) is 28.1 Å². The van der Waals surface area contributed by atoms with Gasteiger partial charge in [-0.3, -0.25) is 9.69 Å². The minimum Gasteiger partial charge on any atom is -0.508 e. The van der Waals surface area contributed by atoms with Gasteiger partial charge in [-0.05, 0) is 66.2 Å². The van der Waals surface area contributed by atoms with Crippen LogP contribution < -0.4 is 0 Å². The van der Waals surface area contributed by atoms with E-state index in [4.69, 9.17) is 0 Å². The molecule has 176 valence electrons. The first-order valence-corrected chi connectivity index (χ1v) is 10.8. The fourth-order valence-corrected chi connectivity index (χ4v) is 4.38. The number of alkyl halides is 3. The molecule has 1 amide bonds. The number of phenols is 1. The van der Waals surface area contributed by atoms with Gasteiger partial charge in [0.05, 0.1) is 23.3 Å². The number of hydrogen-bond donors (Lipinski definition) is 2. The van der Waals surface area contributed by atoms with Crippen LogP contribution in [-0.4, -0.2) is 45.7 Å². The third-order valence-electron chi connectivity index (χ3n) is 5.11. The number of esters is 1. The lowest BCUT2D eigenvalue weighted by atomic mass is 10.1. The van der Waals surface area contributed by atoms with E-state index in [9.17, 15) is 27.9 Å². The van der Waals surface area contributed by atoms with Crippen LogP contribution in [0.2, 0.25) is 0 Å². The molecule has 11 heteroatoms. The van der Waals surface area contributed by atoms with Gasteiger partial charge in [0.15, 0.2) is 5.17 Å². The lowest BCUT2D eigenvalue weighted by Gasteiger charge is -2.15. The summed E-state index contributed by atoms with van der Waals surface area (Å²) in [7, 11) is 1.19. The first-order valence-electron chi connectivity index (χ1n) is 10.00. The molecule has 3 aromatic rings. The number of hydrogen-bond acceptors (Lipinski definition) is 6. The number of phenolic OH excluding ortho intramolecular Hbond substituents is 1. The molecule has 2 heterocycles. The van der Waals surface area contributed by atoms with Gasteiger partial charge in [-0.2, -0.15) is 13.2 Å². The predicted octanol–water partition coefficient (Wildman–Crippen LogP) is 4.75. The average Bonchev–Trinajstić information content (AvgIpc) is 3.32. The van der Waals surface area contributed by atoms with E-state index in [0.29, 0.717) is 6.42 Å². The number of rotatable bonds is 5. The number of halogens is 3. The highest BCUT2D eigenvalue weighted by Gasteiger charge is 2.34. The van der Waals surface area contributed by atoms with E-state index in [1.165, 1.54) is 24.1 Å². The summed E-state index contributed by atoms with van der Waals surface area (Å²) in [5.74, 6) is -1.07. The van der Waals surface area contributed by atoms with Crippen LogP contribution in [0, 0.1) is 0 Å². The van der Waals surface area contributed by atoms with Gasteiger partial charge in [0.25, 0.3) is 5.91 Å². The summed E-state index contributed by atoms with van der Waals surface area (Å²) in [6, 6.07) is 9.15. The van der Waals surface area contributed by atoms with Crippen LogP contribution in [-0.2, 0) is 26.9 Å². The maximum Gasteiger partial charge on any atom is 0.416 e. The molecule has 1 fully saturated rings. The first kappa shape index (κ1) is 23.4. The maximum atomic E-state index is 13.0. The van der Waals surface area contributed by atoms with Crippen LogP contribution in [0.3, 0.4) is 0 Å². The van der Waals surface area contributed by atoms with E-state index in [1.807, 2.05) is 0 Å². The van der Waals surface area contributed by atoms with Crippen molar-refractivity contribution in [3.63, 3.8) is 0 Å². The van der Waals surface area contributed by atoms with Crippen LogP contribution in [0.1, 0.15) is 11.1 Å². The van der Waals surface area contributed by atoms with Crippen LogP contribution >= 0.6 is 11.8 Å². The SMILES string of the molecule is COC(=O)/C=C1/SC(=Nc2ccc(C(F)(F)F)cc2)N(CCc2c[nH]c3ccc(O)cc23)C1=O. The summed E-state index contributed by atoms with van der Waals surface area (Å²) >= 11 is 0.935. The van der Waals surface area contributed by atoms with Crippen LogP contribution in [0.5, 0.6) is 5.75 Å². The molecule has 2 aromatic carbocycles. The Hall–Kier alpha value is -3.73. The van der Waals surface area contributed by atoms with Crippen molar-refractivity contribution in [3.8, 4) is 5.75 Å². The molecule has 2 N–H and O–H groups in total. The predicted molar refractivity (Wildman–Crippen MR) is 122 cm³/mol. The Morgan fingerprint density at radius 3 is 2.65 bits per heavy atom. The zero-order valence-corrected chi connectivity index (χ0v) is 18.5. The van der Waals surface area contributed by atoms with Gasteiger partial charge >= 0.3 is 12.1 Å². The van der Waals surface area contributed by atoms with E-state index in [1.54, 1.807) is 24.4 Å². The van der Waals surface area contributed by atoms with Gasteiger partial charge in [0, 0.05) is 29.7 Å². The standard InChI is InChI=1S/C23H18F3N3O4S/c1-33-20(31)11-19-21(32)29(9-8-13-12-27-18-7-6-16(30)10-17(13)18)22(34-19)28-15-4-2-14(3-5-15)23(24,25)26/h2-7,10-12,27,30H,8-9H2,1H3/b19-11+,28-22?. The Labute approximate surface area is 195 Å². The summed E-state index contributed by atoms with van der Waals surface area (Å²) in [5.41, 5.74) is 1.09. The Kier molecular flexibility index (Phi) is 6.38. The van der Waals surface area contributed by atoms with Crippen LogP contribution in [0.25, 0.3) is 10.9 Å². The fourth-order valence-electron chi connectivity index (χ4n) is 3.40. The molecule has 4 rings (SSSR count). The molecule has 0 saturated carbocycles. The van der Waals surface area contributed by atoms with Crippen molar-refractivity contribution < 1.29 is 32.6 Å². The number of aromatic hydroxyl groups is 1. The van der Waals surface area contributed by atoms with Crippen molar-refractivity contribution in [1.82, 2.24) is 9.88 Å². The van der Waals surface area contributed by atoms with Crippen molar-refractivity contribution in [2.75, 3.05) is 13.7 Å². The van der Waals surface area contributed by atoms with Crippen molar-refractivity contribution in [2.24, 2.45) is 4.99 Å². The summed E-state index contributed by atoms with van der Waals surface area (Å²) < 4.78 is 43.2. The fraction of sp³-hybridized carbons (Fsp3) is 0.174. The minimum atomic E-state index is -4.47. The second-order valence-electron chi connectivity index (χ2n) is 7.32. The molecule has 1 aliphatic heterocycles. The number of amidine groups is 1. The van der Waals surface area contributed by atoms with Gasteiger partial charge in [0.1, 0.15) is 5.75 Å². The van der Waals surface area contributed by atoms with E-state index < -0.39 is 23.6 Å². The number of aromatic nitrogens is 1. The van der Waals surface area contributed by atoms with Gasteiger partial charge in [-0.1, -0.05) is 0 Å². The van der Waals surface area contributed by atoms with Crippen molar-refractivity contribution in [1.29, 1.82) is 0 Å². The summed E-state index contributed by atoms with van der Waals surface area (Å²) in [6.45, 7) is 0.187. The van der Waals surface area contributed by atoms with Crippen LogP contribution in [0.15, 0.2) is 64.6 Å². The second-order valence-corrected chi connectivity index (χ2v) is 8.33. The number of ether oxygens (including phenoxy) is 1. The number of amides is 1. The van der Waals surface area contributed by atoms with Gasteiger partial charge in [0.2, 0.25) is 0 Å². The topological polar surface area (TPSA) is 95.0 Å². The molecule has 0 unspecified atom stereocenters. The molecule has 0 aliphatic carbocycles. The highest BCUT2D eigenvalue weighted by molar-refractivity contribution is 8.18. The molecule has 1 saturated heterocycles. The van der Waals surface area contributed by atoms with Gasteiger partial charge in [-0.25, -0.2) is 9.79 Å². The Morgan fingerprint density at radius 2 is 1.97 bits per heavy atom. The molecule has 1 aromatic heterocycles. The van der Waals surface area contributed by atoms with Gasteiger partial charge in [-0.15, -0.1) is 0 Å². The van der Waals surface area contributed by atoms with E-state index >= 15 is 0 Å². The second kappa shape index (κ2) is 9.26. The number of carbonyl (C=O) groups is 2. The third kappa shape index (κ3) is 4.93. The Bertz CT molecular complexity index is 1310. The molecule has 7 nitrogen and oxygen atoms in total. The molecular formula is C23H18F3N3O4S. The number of aliphatic imine (C=N–C) groups is 1. The van der Waals surface area contributed by atoms with Crippen molar-refractivity contribution >= 4 is 45.4 Å². The normalized spacial score (nSPS) is 16.7. The Balaban J connectivity index is 1.63. The molecule has 0 spiro atoms. The number of aromatic amines is 1. The zero-order valence-electron chi connectivity index (χ0n) is 17.7. The van der Waals surface area contributed by atoms with E-state index in [0.717, 1.165) is 46.4 Å². The maximum absolute atomic E-state index is 13.0. The zero-order chi connectivity index (χ0) is 24.5. The number of fused-ring (bicyclic) bond motifs is 1. The minimum absolute atomic E-state index is 0.0917. The third-order valence-corrected chi connectivity index (χ3v) is 6.12. The van der Waals surface area contributed by atoms with Crippen molar-refractivity contribution in [2.45, 2.75) is 12.6 Å². The highest BCUT2D eigenvalue weighted by atomic mass is 32.2. The van der Waals surface area contributed by atoms with Crippen LogP contribution in [0.4, 0.5) is 18.9 Å². The Morgan fingerprint density at radius 1 is 1.24 bits per heavy atom. The molecule has 34 heavy (non-hydrogen) atoms. The number of benzene rings is 2. The molecule has 1 aliphatic rings. The molecule has 0 atom stereocenters. The lowest BCUT2D eigenvalue weighted by Crippen LogP contribution is -2.31.